The van der Waals surface area contributed by atoms with Crippen molar-refractivity contribution in [3.8, 4) is 0 Å². The van der Waals surface area contributed by atoms with Gasteiger partial charge in [-0.1, -0.05) is 17.7 Å². The van der Waals surface area contributed by atoms with Crippen LogP contribution < -0.4 is 5.73 Å². The highest BCUT2D eigenvalue weighted by atomic mass is 79.9. The molecule has 0 heterocycles. The number of hydrogen-bond donors (Lipinski definition) is 1. The highest BCUT2D eigenvalue weighted by molar-refractivity contribution is 9.10. The number of hydrogen-bond acceptors (Lipinski definition) is 1. The van der Waals surface area contributed by atoms with E-state index in [0.717, 1.165) is 12.1 Å². The minimum atomic E-state index is -0.784. The third-order valence-corrected chi connectivity index (χ3v) is 4.52. The Labute approximate surface area is 131 Å². The van der Waals surface area contributed by atoms with E-state index < -0.39 is 17.7 Å². The Balaban J connectivity index is 2.46. The zero-order valence-corrected chi connectivity index (χ0v) is 13.4. The molecule has 1 atom stereocenters. The Bertz CT molecular complexity index is 634. The minimum absolute atomic E-state index is 0.0646. The number of rotatable bonds is 2. The third kappa shape index (κ3) is 3.16. The average Bonchev–Trinajstić information content (AvgIpc) is 2.36. The Morgan fingerprint density at radius 1 is 1.00 bits per heavy atom. The van der Waals surface area contributed by atoms with Gasteiger partial charge in [-0.3, -0.25) is 0 Å². The Hall–Kier alpha value is -0.490. The monoisotopic (exact) mass is 409 g/mol. The van der Waals surface area contributed by atoms with Gasteiger partial charge in [0.25, 0.3) is 0 Å². The van der Waals surface area contributed by atoms with Gasteiger partial charge in [0, 0.05) is 10.0 Å². The van der Waals surface area contributed by atoms with Crippen LogP contribution in [0, 0.1) is 11.6 Å². The summed E-state index contributed by atoms with van der Waals surface area (Å²) in [5.74, 6) is -1.13. The summed E-state index contributed by atoms with van der Waals surface area (Å²) < 4.78 is 28.1. The summed E-state index contributed by atoms with van der Waals surface area (Å²) in [6, 6.07) is 6.40. The molecule has 0 amide bonds. The van der Waals surface area contributed by atoms with Crippen LogP contribution in [0.5, 0.6) is 0 Å². The first-order valence-electron chi connectivity index (χ1n) is 5.25. The standard InChI is InChI=1S/C13H8Br2ClF2N/c14-8-2-1-6(3-10(8)16)13(19)7-4-12(18)9(15)5-11(7)17/h1-5,13H,19H2. The topological polar surface area (TPSA) is 26.0 Å². The molecule has 2 N–H and O–H groups in total. The van der Waals surface area contributed by atoms with E-state index in [9.17, 15) is 8.78 Å². The molecule has 1 nitrogen and oxygen atoms in total. The molecule has 0 spiro atoms. The SMILES string of the molecule is NC(c1ccc(Br)c(Cl)c1)c1cc(F)c(Br)cc1F. The second-order valence-electron chi connectivity index (χ2n) is 3.94. The van der Waals surface area contributed by atoms with Crippen molar-refractivity contribution in [1.29, 1.82) is 0 Å². The van der Waals surface area contributed by atoms with Gasteiger partial charge in [0.15, 0.2) is 0 Å². The summed E-state index contributed by atoms with van der Waals surface area (Å²) in [6.07, 6.45) is 0. The fraction of sp³-hybridized carbons (Fsp3) is 0.0769. The van der Waals surface area contributed by atoms with Gasteiger partial charge in [0.2, 0.25) is 0 Å². The normalized spacial score (nSPS) is 12.5. The van der Waals surface area contributed by atoms with Crippen molar-refractivity contribution in [2.24, 2.45) is 5.73 Å². The second kappa shape index (κ2) is 5.87. The maximum atomic E-state index is 13.8. The van der Waals surface area contributed by atoms with Gasteiger partial charge in [-0.2, -0.15) is 0 Å². The number of nitrogens with two attached hydrogens (primary N) is 1. The molecule has 0 radical (unpaired) electrons. The van der Waals surface area contributed by atoms with Crippen LogP contribution in [0.3, 0.4) is 0 Å². The van der Waals surface area contributed by atoms with Gasteiger partial charge in [-0.25, -0.2) is 8.78 Å². The van der Waals surface area contributed by atoms with E-state index in [0.29, 0.717) is 15.1 Å². The molecular formula is C13H8Br2ClF2N. The molecule has 0 aromatic heterocycles. The molecule has 19 heavy (non-hydrogen) atoms. The minimum Gasteiger partial charge on any atom is -0.320 e. The van der Waals surface area contributed by atoms with Gasteiger partial charge in [-0.05, 0) is 61.7 Å². The predicted octanol–water partition coefficient (Wildman–Crippen LogP) is 5.19. The molecule has 0 fully saturated rings. The fourth-order valence-corrected chi connectivity index (χ4v) is 2.41. The van der Waals surface area contributed by atoms with Crippen molar-refractivity contribution in [2.45, 2.75) is 6.04 Å². The third-order valence-electron chi connectivity index (χ3n) is 2.68. The summed E-state index contributed by atoms with van der Waals surface area (Å²) in [5.41, 5.74) is 6.65. The van der Waals surface area contributed by atoms with Crippen molar-refractivity contribution in [3.05, 3.63) is 67.1 Å². The summed E-state index contributed by atoms with van der Waals surface area (Å²) in [5, 5.41) is 0.464. The molecule has 0 bridgehead atoms. The van der Waals surface area contributed by atoms with Gasteiger partial charge >= 0.3 is 0 Å². The van der Waals surface area contributed by atoms with Gasteiger partial charge in [-0.15, -0.1) is 0 Å². The van der Waals surface area contributed by atoms with Crippen LogP contribution in [-0.2, 0) is 0 Å². The first-order chi connectivity index (χ1) is 8.90. The lowest BCUT2D eigenvalue weighted by atomic mass is 9.99. The summed E-state index contributed by atoms with van der Waals surface area (Å²) in [6.45, 7) is 0. The first kappa shape index (κ1) is 14.9. The Morgan fingerprint density at radius 3 is 2.32 bits per heavy atom. The quantitative estimate of drug-likeness (QED) is 0.676. The lowest BCUT2D eigenvalue weighted by Gasteiger charge is -2.15. The zero-order chi connectivity index (χ0) is 14.2. The molecule has 0 aliphatic rings. The molecular weight excluding hydrogens is 403 g/mol. The molecule has 0 aliphatic carbocycles. The molecule has 0 aliphatic heterocycles. The van der Waals surface area contributed by atoms with Crippen LogP contribution in [0.15, 0.2) is 39.3 Å². The molecule has 1 unspecified atom stereocenters. The lowest BCUT2D eigenvalue weighted by Crippen LogP contribution is -2.14. The predicted molar refractivity (Wildman–Crippen MR) is 79.2 cm³/mol. The van der Waals surface area contributed by atoms with Crippen molar-refractivity contribution >= 4 is 43.5 Å². The molecule has 2 aromatic rings. The Kier molecular flexibility index (Phi) is 4.61. The van der Waals surface area contributed by atoms with E-state index in [-0.39, 0.29) is 10.0 Å². The van der Waals surface area contributed by atoms with Gasteiger partial charge in [0.05, 0.1) is 15.5 Å². The first-order valence-corrected chi connectivity index (χ1v) is 7.21. The van der Waals surface area contributed by atoms with Crippen molar-refractivity contribution in [3.63, 3.8) is 0 Å². The van der Waals surface area contributed by atoms with Crippen LogP contribution >= 0.6 is 43.5 Å². The highest BCUT2D eigenvalue weighted by Crippen LogP contribution is 2.30. The largest absolute Gasteiger partial charge is 0.320 e. The average molecular weight is 411 g/mol. The van der Waals surface area contributed by atoms with E-state index >= 15 is 0 Å². The van der Waals surface area contributed by atoms with Crippen LogP contribution in [0.2, 0.25) is 5.02 Å². The highest BCUT2D eigenvalue weighted by Gasteiger charge is 2.17. The lowest BCUT2D eigenvalue weighted by molar-refractivity contribution is 0.572. The van der Waals surface area contributed by atoms with E-state index in [2.05, 4.69) is 31.9 Å². The van der Waals surface area contributed by atoms with E-state index in [1.54, 1.807) is 18.2 Å². The van der Waals surface area contributed by atoms with E-state index in [1.807, 2.05) is 0 Å². The van der Waals surface area contributed by atoms with Crippen LogP contribution in [0.1, 0.15) is 17.2 Å². The molecule has 2 rings (SSSR count). The van der Waals surface area contributed by atoms with Crippen LogP contribution in [-0.4, -0.2) is 0 Å². The van der Waals surface area contributed by atoms with Crippen molar-refractivity contribution in [1.82, 2.24) is 0 Å². The van der Waals surface area contributed by atoms with E-state index in [4.69, 9.17) is 17.3 Å². The molecule has 2 aromatic carbocycles. The van der Waals surface area contributed by atoms with E-state index in [1.165, 1.54) is 0 Å². The number of halogens is 5. The summed E-state index contributed by atoms with van der Waals surface area (Å²) in [7, 11) is 0. The maximum Gasteiger partial charge on any atom is 0.137 e. The maximum absolute atomic E-state index is 13.8. The van der Waals surface area contributed by atoms with Gasteiger partial charge < -0.3 is 5.73 Å². The van der Waals surface area contributed by atoms with Crippen LogP contribution in [0.25, 0.3) is 0 Å². The molecule has 0 saturated heterocycles. The van der Waals surface area contributed by atoms with Crippen LogP contribution in [0.4, 0.5) is 8.78 Å². The fourth-order valence-electron chi connectivity index (χ4n) is 1.66. The molecule has 0 saturated carbocycles. The zero-order valence-electron chi connectivity index (χ0n) is 9.43. The smallest absolute Gasteiger partial charge is 0.137 e. The molecule has 6 heteroatoms. The number of benzene rings is 2. The second-order valence-corrected chi connectivity index (χ2v) is 6.05. The van der Waals surface area contributed by atoms with Gasteiger partial charge in [0.1, 0.15) is 11.6 Å². The summed E-state index contributed by atoms with van der Waals surface area (Å²) in [4.78, 5) is 0. The molecule has 100 valence electrons. The van der Waals surface area contributed by atoms with Crippen molar-refractivity contribution < 1.29 is 8.78 Å². The van der Waals surface area contributed by atoms with Crippen molar-refractivity contribution in [2.75, 3.05) is 0 Å². The summed E-state index contributed by atoms with van der Waals surface area (Å²) >= 11 is 12.1. The Morgan fingerprint density at radius 2 is 1.68 bits per heavy atom.